The van der Waals surface area contributed by atoms with Gasteiger partial charge in [0.25, 0.3) is 0 Å². The molecule has 0 aliphatic rings. The van der Waals surface area contributed by atoms with Crippen molar-refractivity contribution in [3.8, 4) is 11.4 Å². The third kappa shape index (κ3) is 5.48. The minimum Gasteiger partial charge on any atom is -0.325 e. The molecule has 1 heterocycles. The second kappa shape index (κ2) is 9.59. The highest BCUT2D eigenvalue weighted by atomic mass is 79.9. The van der Waals surface area contributed by atoms with E-state index in [9.17, 15) is 4.79 Å². The van der Waals surface area contributed by atoms with Crippen LogP contribution in [0, 0.1) is 0 Å². The van der Waals surface area contributed by atoms with Crippen LogP contribution in [-0.2, 0) is 4.79 Å². The first-order valence-electron chi connectivity index (χ1n) is 9.59. The van der Waals surface area contributed by atoms with E-state index >= 15 is 0 Å². The number of rotatable bonds is 7. The normalized spacial score (nSPS) is 11.3. The first-order valence-corrected chi connectivity index (χ1v) is 11.4. The Hall–Kier alpha value is -2.12. The number of anilines is 1. The van der Waals surface area contributed by atoms with Crippen molar-refractivity contribution in [2.24, 2.45) is 0 Å². The summed E-state index contributed by atoms with van der Waals surface area (Å²) in [6.45, 7) is 8.56. The van der Waals surface area contributed by atoms with Crippen molar-refractivity contribution in [3.05, 3.63) is 58.1 Å². The largest absolute Gasteiger partial charge is 0.325 e. The second-order valence-electron chi connectivity index (χ2n) is 7.43. The van der Waals surface area contributed by atoms with E-state index in [1.807, 2.05) is 24.3 Å². The third-order valence-electron chi connectivity index (χ3n) is 4.55. The standard InChI is InChI=1S/C22H25BrN4OS/c1-13(2)17-6-5-7-18(14(3)4)20(17)24-19(28)12-29-22-25-21(26-27-22)15-8-10-16(23)11-9-15/h5-11,13-14H,12H2,1-4H3,(H,24,28)(H,25,26,27). The van der Waals surface area contributed by atoms with Crippen LogP contribution in [0.25, 0.3) is 11.4 Å². The van der Waals surface area contributed by atoms with Crippen LogP contribution in [0.4, 0.5) is 5.69 Å². The maximum absolute atomic E-state index is 12.6. The van der Waals surface area contributed by atoms with Gasteiger partial charge in [-0.2, -0.15) is 0 Å². The summed E-state index contributed by atoms with van der Waals surface area (Å²) in [5.74, 6) is 1.55. The summed E-state index contributed by atoms with van der Waals surface area (Å²) in [6.07, 6.45) is 0. The van der Waals surface area contributed by atoms with Gasteiger partial charge in [-0.3, -0.25) is 9.89 Å². The Morgan fingerprint density at radius 2 is 1.69 bits per heavy atom. The molecule has 1 aromatic heterocycles. The molecule has 0 radical (unpaired) electrons. The molecule has 3 rings (SSSR count). The number of hydrogen-bond donors (Lipinski definition) is 2. The number of halogens is 1. The highest BCUT2D eigenvalue weighted by molar-refractivity contribution is 9.10. The lowest BCUT2D eigenvalue weighted by molar-refractivity contribution is -0.113. The van der Waals surface area contributed by atoms with E-state index in [4.69, 9.17) is 0 Å². The van der Waals surface area contributed by atoms with Crippen LogP contribution < -0.4 is 5.32 Å². The Labute approximate surface area is 184 Å². The van der Waals surface area contributed by atoms with E-state index in [-0.39, 0.29) is 11.7 Å². The summed E-state index contributed by atoms with van der Waals surface area (Å²) in [5.41, 5.74) is 4.20. The summed E-state index contributed by atoms with van der Waals surface area (Å²) < 4.78 is 1.01. The highest BCUT2D eigenvalue weighted by Gasteiger charge is 2.16. The molecule has 2 N–H and O–H groups in total. The minimum atomic E-state index is -0.0556. The summed E-state index contributed by atoms with van der Waals surface area (Å²) in [4.78, 5) is 17.1. The number of H-pyrrole nitrogens is 1. The van der Waals surface area contributed by atoms with Gasteiger partial charge >= 0.3 is 0 Å². The predicted octanol–water partition coefficient (Wildman–Crippen LogP) is 6.21. The molecule has 3 aromatic rings. The first-order chi connectivity index (χ1) is 13.8. The van der Waals surface area contributed by atoms with Crippen molar-refractivity contribution in [1.29, 1.82) is 0 Å². The van der Waals surface area contributed by atoms with Crippen molar-refractivity contribution in [1.82, 2.24) is 15.2 Å². The fourth-order valence-electron chi connectivity index (χ4n) is 3.05. The first kappa shape index (κ1) is 21.6. The maximum Gasteiger partial charge on any atom is 0.234 e. The molecule has 0 saturated heterocycles. The number of nitrogens with zero attached hydrogens (tertiary/aromatic N) is 2. The van der Waals surface area contributed by atoms with Gasteiger partial charge in [-0.1, -0.05) is 85.7 Å². The molecular weight excluding hydrogens is 448 g/mol. The van der Waals surface area contributed by atoms with Gasteiger partial charge in [0, 0.05) is 15.7 Å². The number of para-hydroxylation sites is 1. The molecule has 152 valence electrons. The Morgan fingerprint density at radius 1 is 1.07 bits per heavy atom. The molecule has 0 saturated carbocycles. The average molecular weight is 473 g/mol. The summed E-state index contributed by atoms with van der Waals surface area (Å²) in [7, 11) is 0. The monoisotopic (exact) mass is 472 g/mol. The van der Waals surface area contributed by atoms with E-state index < -0.39 is 0 Å². The summed E-state index contributed by atoms with van der Waals surface area (Å²) in [6, 6.07) is 14.1. The van der Waals surface area contributed by atoms with Gasteiger partial charge in [-0.25, -0.2) is 4.98 Å². The van der Waals surface area contributed by atoms with Gasteiger partial charge in [0.15, 0.2) is 5.82 Å². The molecule has 2 aromatic carbocycles. The SMILES string of the molecule is CC(C)c1cccc(C(C)C)c1NC(=O)CSc1n[nH]c(-c2ccc(Br)cc2)n1. The Kier molecular flexibility index (Phi) is 7.14. The number of carbonyl (C=O) groups is 1. The van der Waals surface area contributed by atoms with Crippen molar-refractivity contribution in [2.45, 2.75) is 44.7 Å². The molecule has 7 heteroatoms. The van der Waals surface area contributed by atoms with Gasteiger partial charge < -0.3 is 5.32 Å². The number of carbonyl (C=O) groups excluding carboxylic acids is 1. The van der Waals surface area contributed by atoms with Crippen LogP contribution in [0.3, 0.4) is 0 Å². The lowest BCUT2D eigenvalue weighted by Crippen LogP contribution is -2.17. The van der Waals surface area contributed by atoms with E-state index in [1.54, 1.807) is 0 Å². The lowest BCUT2D eigenvalue weighted by atomic mass is 9.92. The van der Waals surface area contributed by atoms with Crippen LogP contribution in [0.15, 0.2) is 52.1 Å². The van der Waals surface area contributed by atoms with Crippen LogP contribution in [0.1, 0.15) is 50.7 Å². The molecule has 1 amide bonds. The number of benzene rings is 2. The minimum absolute atomic E-state index is 0.0556. The smallest absolute Gasteiger partial charge is 0.234 e. The summed E-state index contributed by atoms with van der Waals surface area (Å²) >= 11 is 4.74. The third-order valence-corrected chi connectivity index (χ3v) is 5.93. The quantitative estimate of drug-likeness (QED) is 0.400. The van der Waals surface area contributed by atoms with Crippen molar-refractivity contribution in [2.75, 3.05) is 11.1 Å². The lowest BCUT2D eigenvalue weighted by Gasteiger charge is -2.20. The maximum atomic E-state index is 12.6. The molecule has 0 bridgehead atoms. The van der Waals surface area contributed by atoms with Gasteiger partial charge in [0.1, 0.15) is 0 Å². The van der Waals surface area contributed by atoms with Gasteiger partial charge in [0.05, 0.1) is 5.75 Å². The zero-order chi connectivity index (χ0) is 21.0. The van der Waals surface area contributed by atoms with Crippen LogP contribution in [0.2, 0.25) is 0 Å². The Balaban J connectivity index is 1.67. The molecule has 0 aliphatic heterocycles. The zero-order valence-corrected chi connectivity index (χ0v) is 19.4. The number of aromatic nitrogens is 3. The number of aromatic amines is 1. The van der Waals surface area contributed by atoms with Crippen LogP contribution in [-0.4, -0.2) is 26.8 Å². The zero-order valence-electron chi connectivity index (χ0n) is 17.0. The van der Waals surface area contributed by atoms with E-state index in [1.165, 1.54) is 11.8 Å². The number of amides is 1. The number of nitrogens with one attached hydrogen (secondary N) is 2. The topological polar surface area (TPSA) is 70.7 Å². The summed E-state index contributed by atoms with van der Waals surface area (Å²) in [5, 5.41) is 10.8. The molecule has 0 atom stereocenters. The molecule has 0 spiro atoms. The van der Waals surface area contributed by atoms with E-state index in [2.05, 4.69) is 82.3 Å². The van der Waals surface area contributed by atoms with Gasteiger partial charge in [-0.05, 0) is 35.1 Å². The average Bonchev–Trinajstić information content (AvgIpc) is 3.15. The van der Waals surface area contributed by atoms with Crippen LogP contribution >= 0.6 is 27.7 Å². The Morgan fingerprint density at radius 3 is 2.28 bits per heavy atom. The predicted molar refractivity (Wildman–Crippen MR) is 123 cm³/mol. The van der Waals surface area contributed by atoms with Crippen molar-refractivity contribution >= 4 is 39.3 Å². The van der Waals surface area contributed by atoms with Gasteiger partial charge in [-0.15, -0.1) is 5.10 Å². The van der Waals surface area contributed by atoms with Gasteiger partial charge in [0.2, 0.25) is 11.1 Å². The van der Waals surface area contributed by atoms with E-state index in [0.29, 0.717) is 22.8 Å². The molecule has 29 heavy (non-hydrogen) atoms. The molecule has 0 unspecified atom stereocenters. The highest BCUT2D eigenvalue weighted by Crippen LogP contribution is 2.32. The molecule has 0 aliphatic carbocycles. The van der Waals surface area contributed by atoms with Crippen LogP contribution in [0.5, 0.6) is 0 Å². The number of hydrogen-bond acceptors (Lipinski definition) is 4. The second-order valence-corrected chi connectivity index (χ2v) is 9.29. The molecule has 0 fully saturated rings. The van der Waals surface area contributed by atoms with Crippen molar-refractivity contribution in [3.63, 3.8) is 0 Å². The van der Waals surface area contributed by atoms with Crippen molar-refractivity contribution < 1.29 is 4.79 Å². The molecular formula is C22H25BrN4OS. The number of thioether (sulfide) groups is 1. The molecule has 5 nitrogen and oxygen atoms in total. The Bertz CT molecular complexity index is 956. The fraction of sp³-hybridized carbons (Fsp3) is 0.318. The fourth-order valence-corrected chi connectivity index (χ4v) is 3.91. The van der Waals surface area contributed by atoms with E-state index in [0.717, 1.165) is 26.9 Å².